The van der Waals surface area contributed by atoms with Crippen molar-refractivity contribution in [3.63, 3.8) is 0 Å². The van der Waals surface area contributed by atoms with E-state index in [9.17, 15) is 4.79 Å². The van der Waals surface area contributed by atoms with Crippen LogP contribution in [0.1, 0.15) is 52.9 Å². The first-order valence-corrected chi connectivity index (χ1v) is 7.32. The lowest BCUT2D eigenvalue weighted by atomic mass is 9.73. The van der Waals surface area contributed by atoms with Crippen LogP contribution < -0.4 is 0 Å². The minimum absolute atomic E-state index is 0.126. The van der Waals surface area contributed by atoms with Crippen LogP contribution in [0.2, 0.25) is 0 Å². The molecular weight excluding hydrogens is 252 g/mol. The van der Waals surface area contributed by atoms with Gasteiger partial charge in [-0.05, 0) is 46.5 Å². The molecule has 1 unspecified atom stereocenters. The number of rotatable bonds is 2. The molecule has 4 heteroatoms. The Morgan fingerprint density at radius 2 is 2.00 bits per heavy atom. The van der Waals surface area contributed by atoms with Crippen molar-refractivity contribution in [2.24, 2.45) is 5.41 Å². The summed E-state index contributed by atoms with van der Waals surface area (Å²) >= 11 is 0. The summed E-state index contributed by atoms with van der Waals surface area (Å²) in [7, 11) is 0. The lowest BCUT2D eigenvalue weighted by molar-refractivity contribution is -0.00449. The number of allylic oxidation sites excluding steroid dienone is 1. The third-order valence-electron chi connectivity index (χ3n) is 4.37. The monoisotopic (exact) mass is 276 g/mol. The van der Waals surface area contributed by atoms with Gasteiger partial charge in [0.05, 0.1) is 6.07 Å². The number of hydrogen-bond donors (Lipinski definition) is 0. The lowest BCUT2D eigenvalue weighted by Crippen LogP contribution is -2.51. The van der Waals surface area contributed by atoms with Crippen LogP contribution in [-0.4, -0.2) is 28.7 Å². The first-order chi connectivity index (χ1) is 9.30. The number of ether oxygens (including phenoxy) is 1. The molecule has 0 N–H and O–H groups in total. The SMILES string of the molecule is C=CC1(CC#N)C[C@H]2CC[C@@H](C1)N2C(=O)OC(C)(C)C. The molecule has 2 aliphatic heterocycles. The second kappa shape index (κ2) is 5.12. The fraction of sp³-hybridized carbons (Fsp3) is 0.750. The number of nitrogens with zero attached hydrogens (tertiary/aromatic N) is 2. The number of carbonyl (C=O) groups is 1. The van der Waals surface area contributed by atoms with Crippen molar-refractivity contribution in [2.75, 3.05) is 0 Å². The van der Waals surface area contributed by atoms with Crippen molar-refractivity contribution in [1.29, 1.82) is 5.26 Å². The highest BCUT2D eigenvalue weighted by atomic mass is 16.6. The topological polar surface area (TPSA) is 53.3 Å². The van der Waals surface area contributed by atoms with Crippen LogP contribution in [0.5, 0.6) is 0 Å². The standard InChI is InChI=1S/C16H24N2O2/c1-5-16(8-9-17)10-12-6-7-13(11-16)18(12)14(19)20-15(2,3)4/h5,12-13H,1,6-8,10-11H2,2-4H3/t12-,13+,16?. The van der Waals surface area contributed by atoms with Gasteiger partial charge in [0, 0.05) is 23.9 Å². The Labute approximate surface area is 121 Å². The normalized spacial score (nSPS) is 32.6. The van der Waals surface area contributed by atoms with Crippen molar-refractivity contribution in [3.05, 3.63) is 12.7 Å². The van der Waals surface area contributed by atoms with E-state index in [0.29, 0.717) is 6.42 Å². The van der Waals surface area contributed by atoms with Gasteiger partial charge in [0.2, 0.25) is 0 Å². The minimum atomic E-state index is -0.462. The number of piperidine rings is 1. The molecule has 0 aromatic carbocycles. The molecule has 0 radical (unpaired) electrons. The molecule has 2 aliphatic rings. The Bertz CT molecular complexity index is 430. The van der Waals surface area contributed by atoms with E-state index < -0.39 is 5.60 Å². The van der Waals surface area contributed by atoms with Crippen molar-refractivity contribution >= 4 is 6.09 Å². The molecule has 1 amide bonds. The fourth-order valence-electron chi connectivity index (χ4n) is 3.54. The van der Waals surface area contributed by atoms with Gasteiger partial charge in [0.1, 0.15) is 5.60 Å². The zero-order valence-corrected chi connectivity index (χ0v) is 12.7. The molecule has 2 bridgehead atoms. The van der Waals surface area contributed by atoms with E-state index in [4.69, 9.17) is 10.00 Å². The average Bonchev–Trinajstić information content (AvgIpc) is 2.61. The summed E-state index contributed by atoms with van der Waals surface area (Å²) in [4.78, 5) is 14.3. The smallest absolute Gasteiger partial charge is 0.410 e. The number of nitriles is 1. The molecule has 20 heavy (non-hydrogen) atoms. The maximum atomic E-state index is 12.3. The summed E-state index contributed by atoms with van der Waals surface area (Å²) in [5, 5.41) is 9.03. The van der Waals surface area contributed by atoms with Crippen LogP contribution in [0.15, 0.2) is 12.7 Å². The number of carbonyl (C=O) groups excluding carboxylic acids is 1. The summed E-state index contributed by atoms with van der Waals surface area (Å²) in [6.07, 6.45) is 5.88. The van der Waals surface area contributed by atoms with Crippen LogP contribution >= 0.6 is 0 Å². The largest absolute Gasteiger partial charge is 0.444 e. The Morgan fingerprint density at radius 3 is 2.40 bits per heavy atom. The highest BCUT2D eigenvalue weighted by Crippen LogP contribution is 2.48. The van der Waals surface area contributed by atoms with E-state index in [0.717, 1.165) is 25.7 Å². The summed E-state index contributed by atoms with van der Waals surface area (Å²) in [6, 6.07) is 2.65. The molecule has 0 aromatic heterocycles. The molecule has 110 valence electrons. The lowest BCUT2D eigenvalue weighted by Gasteiger charge is -2.44. The van der Waals surface area contributed by atoms with E-state index in [1.54, 1.807) is 0 Å². The molecule has 0 saturated carbocycles. The fourth-order valence-corrected chi connectivity index (χ4v) is 3.54. The maximum Gasteiger partial charge on any atom is 0.410 e. The zero-order chi connectivity index (χ0) is 15.0. The van der Waals surface area contributed by atoms with Gasteiger partial charge in [-0.3, -0.25) is 0 Å². The summed E-state index contributed by atoms with van der Waals surface area (Å²) in [5.41, 5.74) is -0.588. The predicted octanol–water partition coefficient (Wildman–Crippen LogP) is 3.63. The van der Waals surface area contributed by atoms with Crippen LogP contribution in [0.4, 0.5) is 4.79 Å². The Kier molecular flexibility index (Phi) is 3.82. The minimum Gasteiger partial charge on any atom is -0.444 e. The first-order valence-electron chi connectivity index (χ1n) is 7.32. The van der Waals surface area contributed by atoms with E-state index in [-0.39, 0.29) is 23.6 Å². The molecule has 0 spiro atoms. The molecular formula is C16H24N2O2. The second-order valence-corrected chi connectivity index (χ2v) is 7.08. The number of amides is 1. The van der Waals surface area contributed by atoms with Crippen LogP contribution in [0.25, 0.3) is 0 Å². The zero-order valence-electron chi connectivity index (χ0n) is 12.7. The quantitative estimate of drug-likeness (QED) is 0.724. The van der Waals surface area contributed by atoms with Crippen LogP contribution in [-0.2, 0) is 4.74 Å². The van der Waals surface area contributed by atoms with Gasteiger partial charge in [-0.15, -0.1) is 6.58 Å². The van der Waals surface area contributed by atoms with Gasteiger partial charge in [0.25, 0.3) is 0 Å². The Morgan fingerprint density at radius 1 is 1.45 bits per heavy atom. The maximum absolute atomic E-state index is 12.3. The Balaban J connectivity index is 2.13. The van der Waals surface area contributed by atoms with E-state index in [2.05, 4.69) is 12.6 Å². The van der Waals surface area contributed by atoms with Crippen molar-refractivity contribution in [1.82, 2.24) is 4.90 Å². The Hall–Kier alpha value is -1.50. The summed E-state index contributed by atoms with van der Waals surface area (Å²) in [5.74, 6) is 0. The van der Waals surface area contributed by atoms with E-state index in [1.807, 2.05) is 31.7 Å². The van der Waals surface area contributed by atoms with Gasteiger partial charge in [0.15, 0.2) is 0 Å². The molecule has 2 heterocycles. The van der Waals surface area contributed by atoms with E-state index in [1.165, 1.54) is 0 Å². The molecule has 2 saturated heterocycles. The number of hydrogen-bond acceptors (Lipinski definition) is 3. The van der Waals surface area contributed by atoms with Gasteiger partial charge >= 0.3 is 6.09 Å². The third-order valence-corrected chi connectivity index (χ3v) is 4.37. The molecule has 0 aliphatic carbocycles. The first kappa shape index (κ1) is 14.9. The van der Waals surface area contributed by atoms with Crippen molar-refractivity contribution in [2.45, 2.75) is 70.6 Å². The van der Waals surface area contributed by atoms with Crippen LogP contribution in [0.3, 0.4) is 0 Å². The van der Waals surface area contributed by atoms with E-state index >= 15 is 0 Å². The molecule has 0 aromatic rings. The van der Waals surface area contributed by atoms with Crippen molar-refractivity contribution in [3.8, 4) is 6.07 Å². The highest BCUT2D eigenvalue weighted by molar-refractivity contribution is 5.69. The predicted molar refractivity (Wildman–Crippen MR) is 77.0 cm³/mol. The second-order valence-electron chi connectivity index (χ2n) is 7.08. The average molecular weight is 276 g/mol. The highest BCUT2D eigenvalue weighted by Gasteiger charge is 2.49. The van der Waals surface area contributed by atoms with Gasteiger partial charge in [-0.2, -0.15) is 5.26 Å². The number of fused-ring (bicyclic) bond motifs is 2. The van der Waals surface area contributed by atoms with Crippen LogP contribution in [0, 0.1) is 16.7 Å². The molecule has 2 fully saturated rings. The molecule has 4 nitrogen and oxygen atoms in total. The van der Waals surface area contributed by atoms with Gasteiger partial charge in [-0.25, -0.2) is 4.79 Å². The molecule has 3 atom stereocenters. The van der Waals surface area contributed by atoms with Gasteiger partial charge < -0.3 is 9.64 Å². The molecule has 2 rings (SSSR count). The van der Waals surface area contributed by atoms with Gasteiger partial charge in [-0.1, -0.05) is 6.08 Å². The summed E-state index contributed by atoms with van der Waals surface area (Å²) < 4.78 is 5.52. The summed E-state index contributed by atoms with van der Waals surface area (Å²) in [6.45, 7) is 9.58. The van der Waals surface area contributed by atoms with Crippen molar-refractivity contribution < 1.29 is 9.53 Å². The third kappa shape index (κ3) is 2.82.